The van der Waals surface area contributed by atoms with Crippen molar-refractivity contribution in [2.24, 2.45) is 7.05 Å². The molecule has 0 aliphatic carbocycles. The Hall–Kier alpha value is -1.39. The Bertz CT molecular complexity index is 595. The molecule has 1 heterocycles. The van der Waals surface area contributed by atoms with Crippen molar-refractivity contribution in [2.45, 2.75) is 25.8 Å². The Morgan fingerprint density at radius 1 is 1.45 bits per heavy atom. The molecule has 3 nitrogen and oxygen atoms in total. The highest BCUT2D eigenvalue weighted by Crippen LogP contribution is 2.25. The van der Waals surface area contributed by atoms with Crippen LogP contribution in [-0.2, 0) is 19.9 Å². The van der Waals surface area contributed by atoms with Gasteiger partial charge in [-0.05, 0) is 37.6 Å². The maximum absolute atomic E-state index is 13.5. The lowest BCUT2D eigenvalue weighted by Gasteiger charge is -2.17. The van der Waals surface area contributed by atoms with Crippen molar-refractivity contribution in [3.63, 3.8) is 0 Å². The van der Waals surface area contributed by atoms with E-state index in [1.165, 1.54) is 6.07 Å². The van der Waals surface area contributed by atoms with Gasteiger partial charge in [0.15, 0.2) is 0 Å². The van der Waals surface area contributed by atoms with Gasteiger partial charge in [-0.2, -0.15) is 5.10 Å². The molecule has 0 bridgehead atoms. The fourth-order valence-corrected chi connectivity index (χ4v) is 2.53. The van der Waals surface area contributed by atoms with Gasteiger partial charge in [-0.1, -0.05) is 30.7 Å². The van der Waals surface area contributed by atoms with Gasteiger partial charge in [0, 0.05) is 7.05 Å². The molecule has 108 valence electrons. The van der Waals surface area contributed by atoms with Gasteiger partial charge in [-0.3, -0.25) is 4.68 Å². The molecule has 5 heteroatoms. The number of benzene rings is 1. The van der Waals surface area contributed by atoms with E-state index in [0.29, 0.717) is 6.42 Å². The number of aromatic nitrogens is 2. The highest BCUT2D eigenvalue weighted by molar-refractivity contribution is 6.31. The third-order valence-electron chi connectivity index (χ3n) is 3.49. The van der Waals surface area contributed by atoms with Crippen LogP contribution in [0.1, 0.15) is 29.9 Å². The first-order valence-corrected chi connectivity index (χ1v) is 7.07. The van der Waals surface area contributed by atoms with Crippen LogP contribution in [-0.4, -0.2) is 16.8 Å². The van der Waals surface area contributed by atoms with E-state index in [2.05, 4.69) is 23.4 Å². The summed E-state index contributed by atoms with van der Waals surface area (Å²) in [6.45, 7) is 2.07. The van der Waals surface area contributed by atoms with Crippen molar-refractivity contribution in [1.82, 2.24) is 15.1 Å². The van der Waals surface area contributed by atoms with Crippen LogP contribution in [0.4, 0.5) is 4.39 Å². The normalized spacial score (nSPS) is 12.7. The topological polar surface area (TPSA) is 29.9 Å². The minimum atomic E-state index is -0.377. The van der Waals surface area contributed by atoms with Gasteiger partial charge >= 0.3 is 0 Å². The first-order valence-electron chi connectivity index (χ1n) is 6.69. The van der Waals surface area contributed by atoms with Gasteiger partial charge in [0.05, 0.1) is 22.5 Å². The van der Waals surface area contributed by atoms with Crippen LogP contribution in [0.2, 0.25) is 5.02 Å². The summed E-state index contributed by atoms with van der Waals surface area (Å²) in [5.74, 6) is -0.377. The predicted molar refractivity (Wildman–Crippen MR) is 79.5 cm³/mol. The predicted octanol–water partition coefficient (Wildman–Crippen LogP) is 3.28. The van der Waals surface area contributed by atoms with E-state index in [1.807, 2.05) is 24.8 Å². The second-order valence-corrected chi connectivity index (χ2v) is 5.17. The summed E-state index contributed by atoms with van der Waals surface area (Å²) >= 11 is 6.03. The molecular weight excluding hydrogens is 277 g/mol. The maximum Gasteiger partial charge on any atom is 0.142 e. The summed E-state index contributed by atoms with van der Waals surface area (Å²) in [4.78, 5) is 0. The Morgan fingerprint density at radius 2 is 2.20 bits per heavy atom. The molecule has 20 heavy (non-hydrogen) atoms. The number of likely N-dealkylation sites (N-methyl/N-ethyl adjacent to an activating group) is 1. The zero-order chi connectivity index (χ0) is 14.7. The first-order chi connectivity index (χ1) is 9.56. The molecule has 0 aliphatic rings. The minimum absolute atomic E-state index is 0.0482. The number of nitrogens with zero attached hydrogens (tertiary/aromatic N) is 2. The third kappa shape index (κ3) is 3.02. The van der Waals surface area contributed by atoms with Gasteiger partial charge in [0.2, 0.25) is 0 Å². The Kier molecular flexibility index (Phi) is 4.78. The van der Waals surface area contributed by atoms with Crippen LogP contribution in [0.15, 0.2) is 24.3 Å². The highest BCUT2D eigenvalue weighted by Gasteiger charge is 2.17. The van der Waals surface area contributed by atoms with E-state index in [-0.39, 0.29) is 16.9 Å². The third-order valence-corrected chi connectivity index (χ3v) is 3.91. The van der Waals surface area contributed by atoms with E-state index in [0.717, 1.165) is 23.4 Å². The fraction of sp³-hybridized carbons (Fsp3) is 0.400. The smallest absolute Gasteiger partial charge is 0.142 e. The molecular formula is C15H19ClFN3. The monoisotopic (exact) mass is 295 g/mol. The van der Waals surface area contributed by atoms with Crippen molar-refractivity contribution in [3.8, 4) is 0 Å². The van der Waals surface area contributed by atoms with Gasteiger partial charge in [0.1, 0.15) is 5.82 Å². The van der Waals surface area contributed by atoms with Crippen LogP contribution >= 0.6 is 11.6 Å². The van der Waals surface area contributed by atoms with E-state index >= 15 is 0 Å². The summed E-state index contributed by atoms with van der Waals surface area (Å²) in [5.41, 5.74) is 2.92. The average molecular weight is 296 g/mol. The highest BCUT2D eigenvalue weighted by atomic mass is 35.5. The molecule has 1 atom stereocenters. The van der Waals surface area contributed by atoms with Crippen molar-refractivity contribution in [2.75, 3.05) is 7.05 Å². The Balaban J connectivity index is 2.28. The number of nitrogens with one attached hydrogen (secondary N) is 1. The molecule has 1 unspecified atom stereocenters. The second kappa shape index (κ2) is 6.37. The van der Waals surface area contributed by atoms with Gasteiger partial charge < -0.3 is 5.32 Å². The molecule has 1 N–H and O–H groups in total. The fourth-order valence-electron chi connectivity index (χ4n) is 2.32. The summed E-state index contributed by atoms with van der Waals surface area (Å²) in [5, 5.41) is 7.90. The number of halogens is 2. The average Bonchev–Trinajstić information content (AvgIpc) is 2.82. The lowest BCUT2D eigenvalue weighted by Crippen LogP contribution is -2.21. The molecule has 1 aromatic heterocycles. The van der Waals surface area contributed by atoms with Crippen molar-refractivity contribution >= 4 is 11.6 Å². The van der Waals surface area contributed by atoms with Crippen LogP contribution in [0, 0.1) is 5.82 Å². The second-order valence-electron chi connectivity index (χ2n) is 4.80. The molecule has 0 saturated carbocycles. The molecule has 0 aliphatic heterocycles. The molecule has 0 fully saturated rings. The van der Waals surface area contributed by atoms with Crippen LogP contribution < -0.4 is 5.32 Å². The minimum Gasteiger partial charge on any atom is -0.311 e. The summed E-state index contributed by atoms with van der Waals surface area (Å²) in [7, 11) is 3.81. The lowest BCUT2D eigenvalue weighted by atomic mass is 10.0. The zero-order valence-electron chi connectivity index (χ0n) is 12.0. The number of hydrogen-bond donors (Lipinski definition) is 1. The molecule has 0 amide bonds. The van der Waals surface area contributed by atoms with Gasteiger partial charge in [-0.25, -0.2) is 4.39 Å². The summed E-state index contributed by atoms with van der Waals surface area (Å²) in [6.07, 6.45) is 1.51. The standard InChI is InChI=1S/C15H19ClFN3/c1-4-11-9-14(20(3)19-11)13(18-2)8-10-6-5-7-12(17)15(10)16/h5-7,9,13,18H,4,8H2,1-3H3. The first kappa shape index (κ1) is 15.0. The van der Waals surface area contributed by atoms with E-state index < -0.39 is 0 Å². The van der Waals surface area contributed by atoms with E-state index in [9.17, 15) is 4.39 Å². The molecule has 0 radical (unpaired) electrons. The van der Waals surface area contributed by atoms with Crippen molar-refractivity contribution in [1.29, 1.82) is 0 Å². The van der Waals surface area contributed by atoms with Gasteiger partial charge in [0.25, 0.3) is 0 Å². The molecule has 0 saturated heterocycles. The SMILES string of the molecule is CCc1cc(C(Cc2cccc(F)c2Cl)NC)n(C)n1. The Morgan fingerprint density at radius 3 is 2.80 bits per heavy atom. The van der Waals surface area contributed by atoms with Crippen molar-refractivity contribution < 1.29 is 4.39 Å². The number of rotatable bonds is 5. The van der Waals surface area contributed by atoms with Crippen molar-refractivity contribution in [3.05, 3.63) is 52.1 Å². The quantitative estimate of drug-likeness (QED) is 0.917. The molecule has 2 aromatic rings. The molecule has 1 aromatic carbocycles. The van der Waals surface area contributed by atoms with E-state index in [1.54, 1.807) is 6.07 Å². The largest absolute Gasteiger partial charge is 0.311 e. The summed E-state index contributed by atoms with van der Waals surface area (Å²) in [6, 6.07) is 7.04. The van der Waals surface area contributed by atoms with E-state index in [4.69, 9.17) is 11.6 Å². The van der Waals surface area contributed by atoms with Crippen LogP contribution in [0.25, 0.3) is 0 Å². The van der Waals surface area contributed by atoms with Gasteiger partial charge in [-0.15, -0.1) is 0 Å². The lowest BCUT2D eigenvalue weighted by molar-refractivity contribution is 0.534. The summed E-state index contributed by atoms with van der Waals surface area (Å²) < 4.78 is 15.4. The van der Waals surface area contributed by atoms with Crippen LogP contribution in [0.3, 0.4) is 0 Å². The molecule has 0 spiro atoms. The Labute approximate surface area is 123 Å². The number of hydrogen-bond acceptors (Lipinski definition) is 2. The van der Waals surface area contributed by atoms with Crippen LogP contribution in [0.5, 0.6) is 0 Å². The molecule has 2 rings (SSSR count). The zero-order valence-corrected chi connectivity index (χ0v) is 12.7. The number of aryl methyl sites for hydroxylation is 2. The maximum atomic E-state index is 13.5.